The number of benzene rings is 1. The minimum atomic E-state index is -0.498. The number of H-pyrrole nitrogens is 1. The van der Waals surface area contributed by atoms with Crippen molar-refractivity contribution >= 4 is 5.97 Å². The highest BCUT2D eigenvalue weighted by Crippen LogP contribution is 2.23. The molecule has 8 nitrogen and oxygen atoms in total. The van der Waals surface area contributed by atoms with Gasteiger partial charge in [0, 0.05) is 18.0 Å². The standard InChI is InChI=1S/C16H17N5O3/c1-2-23-16(22)15-14(18-20-19-15)12-3-5-13(6-4-12)24-10-9-21-8-7-17-11-21/h3-8,11H,2,9-10H2,1H3,(H,18,19,20). The molecule has 2 aromatic heterocycles. The number of carbonyl (C=O) groups is 1. The van der Waals surface area contributed by atoms with E-state index >= 15 is 0 Å². The number of hydrogen-bond donors (Lipinski definition) is 1. The molecule has 24 heavy (non-hydrogen) atoms. The van der Waals surface area contributed by atoms with Crippen molar-refractivity contribution in [1.29, 1.82) is 0 Å². The molecule has 0 spiro atoms. The number of esters is 1. The van der Waals surface area contributed by atoms with Crippen molar-refractivity contribution in [2.24, 2.45) is 0 Å². The van der Waals surface area contributed by atoms with Crippen LogP contribution in [0.25, 0.3) is 11.3 Å². The first kappa shape index (κ1) is 15.7. The second-order valence-electron chi connectivity index (χ2n) is 4.91. The summed E-state index contributed by atoms with van der Waals surface area (Å²) in [5, 5.41) is 10.3. The van der Waals surface area contributed by atoms with E-state index in [0.717, 1.165) is 17.9 Å². The van der Waals surface area contributed by atoms with E-state index in [0.29, 0.717) is 12.3 Å². The minimum Gasteiger partial charge on any atom is -0.492 e. The van der Waals surface area contributed by atoms with E-state index in [-0.39, 0.29) is 12.3 Å². The van der Waals surface area contributed by atoms with Gasteiger partial charge in [0.15, 0.2) is 5.69 Å². The number of nitrogens with one attached hydrogen (secondary N) is 1. The first-order valence-electron chi connectivity index (χ1n) is 7.54. The van der Waals surface area contributed by atoms with Crippen LogP contribution in [-0.2, 0) is 11.3 Å². The number of carbonyl (C=O) groups excluding carboxylic acids is 1. The number of aromatic amines is 1. The molecule has 0 unspecified atom stereocenters. The normalized spacial score (nSPS) is 10.5. The quantitative estimate of drug-likeness (QED) is 0.666. The average Bonchev–Trinajstić information content (AvgIpc) is 3.27. The van der Waals surface area contributed by atoms with E-state index in [2.05, 4.69) is 20.4 Å². The first-order valence-corrected chi connectivity index (χ1v) is 7.54. The highest BCUT2D eigenvalue weighted by Gasteiger charge is 2.18. The molecular formula is C16H17N5O3. The molecule has 0 bridgehead atoms. The Balaban J connectivity index is 1.64. The van der Waals surface area contributed by atoms with Crippen LogP contribution in [0.2, 0.25) is 0 Å². The van der Waals surface area contributed by atoms with Crippen molar-refractivity contribution in [3.63, 3.8) is 0 Å². The van der Waals surface area contributed by atoms with Crippen LogP contribution in [0.3, 0.4) is 0 Å². The Bertz CT molecular complexity index is 780. The molecule has 0 saturated heterocycles. The highest BCUT2D eigenvalue weighted by molar-refractivity contribution is 5.93. The predicted molar refractivity (Wildman–Crippen MR) is 85.5 cm³/mol. The maximum Gasteiger partial charge on any atom is 0.361 e. The summed E-state index contributed by atoms with van der Waals surface area (Å²) in [6.07, 6.45) is 5.36. The van der Waals surface area contributed by atoms with Gasteiger partial charge in [0.1, 0.15) is 18.1 Å². The number of rotatable bonds is 7. The number of nitrogens with zero attached hydrogens (tertiary/aromatic N) is 4. The van der Waals surface area contributed by atoms with Crippen LogP contribution in [0.1, 0.15) is 17.4 Å². The lowest BCUT2D eigenvalue weighted by molar-refractivity contribution is 0.0520. The molecule has 3 rings (SSSR count). The van der Waals surface area contributed by atoms with Gasteiger partial charge in [-0.05, 0) is 31.2 Å². The lowest BCUT2D eigenvalue weighted by atomic mass is 10.1. The Morgan fingerprint density at radius 3 is 2.79 bits per heavy atom. The smallest absolute Gasteiger partial charge is 0.361 e. The van der Waals surface area contributed by atoms with Gasteiger partial charge in [-0.1, -0.05) is 0 Å². The molecule has 0 amide bonds. The molecule has 0 aliphatic heterocycles. The molecule has 0 saturated carbocycles. The fraction of sp³-hybridized carbons (Fsp3) is 0.250. The maximum absolute atomic E-state index is 11.8. The molecule has 0 radical (unpaired) electrons. The molecule has 124 valence electrons. The zero-order valence-electron chi connectivity index (χ0n) is 13.2. The van der Waals surface area contributed by atoms with E-state index in [1.165, 1.54) is 0 Å². The Hall–Kier alpha value is -3.16. The van der Waals surface area contributed by atoms with Crippen molar-refractivity contribution in [3.8, 4) is 17.0 Å². The number of hydrogen-bond acceptors (Lipinski definition) is 6. The van der Waals surface area contributed by atoms with Crippen molar-refractivity contribution in [2.75, 3.05) is 13.2 Å². The van der Waals surface area contributed by atoms with E-state index in [1.54, 1.807) is 19.4 Å². The van der Waals surface area contributed by atoms with Gasteiger partial charge >= 0.3 is 5.97 Å². The highest BCUT2D eigenvalue weighted by atomic mass is 16.5. The van der Waals surface area contributed by atoms with E-state index in [4.69, 9.17) is 9.47 Å². The third-order valence-electron chi connectivity index (χ3n) is 3.32. The fourth-order valence-electron chi connectivity index (χ4n) is 2.17. The predicted octanol–water partition coefficient (Wildman–Crippen LogP) is 1.92. The summed E-state index contributed by atoms with van der Waals surface area (Å²) >= 11 is 0. The van der Waals surface area contributed by atoms with Gasteiger partial charge in [-0.25, -0.2) is 9.78 Å². The summed E-state index contributed by atoms with van der Waals surface area (Å²) in [5.74, 6) is 0.238. The second kappa shape index (κ2) is 7.40. The molecule has 1 aromatic carbocycles. The number of ether oxygens (including phenoxy) is 2. The van der Waals surface area contributed by atoms with Gasteiger partial charge in [-0.2, -0.15) is 10.3 Å². The van der Waals surface area contributed by atoms with Crippen LogP contribution < -0.4 is 4.74 Å². The first-order chi connectivity index (χ1) is 11.8. The van der Waals surface area contributed by atoms with Crippen molar-refractivity contribution in [1.82, 2.24) is 25.0 Å². The van der Waals surface area contributed by atoms with Crippen LogP contribution in [0, 0.1) is 0 Å². The van der Waals surface area contributed by atoms with Crippen LogP contribution in [0.5, 0.6) is 5.75 Å². The van der Waals surface area contributed by atoms with Gasteiger partial charge in [0.25, 0.3) is 0 Å². The Kier molecular flexibility index (Phi) is 4.85. The van der Waals surface area contributed by atoms with Crippen LogP contribution in [-0.4, -0.2) is 44.1 Å². The maximum atomic E-state index is 11.8. The molecule has 8 heteroatoms. The Labute approximate surface area is 138 Å². The molecule has 3 aromatic rings. The number of imidazole rings is 1. The summed E-state index contributed by atoms with van der Waals surface area (Å²) in [5.41, 5.74) is 1.39. The lowest BCUT2D eigenvalue weighted by Crippen LogP contribution is -2.07. The Morgan fingerprint density at radius 2 is 2.08 bits per heavy atom. The molecule has 2 heterocycles. The van der Waals surface area contributed by atoms with Gasteiger partial charge < -0.3 is 14.0 Å². The van der Waals surface area contributed by atoms with Crippen LogP contribution in [0.4, 0.5) is 0 Å². The topological polar surface area (TPSA) is 94.9 Å². The van der Waals surface area contributed by atoms with Gasteiger partial charge in [-0.3, -0.25) is 0 Å². The summed E-state index contributed by atoms with van der Waals surface area (Å²) < 4.78 is 12.6. The van der Waals surface area contributed by atoms with E-state index in [9.17, 15) is 4.79 Å². The third kappa shape index (κ3) is 3.60. The zero-order chi connectivity index (χ0) is 16.8. The van der Waals surface area contributed by atoms with E-state index in [1.807, 2.05) is 35.0 Å². The van der Waals surface area contributed by atoms with Gasteiger partial charge in [-0.15, -0.1) is 5.10 Å². The molecule has 0 fully saturated rings. The number of aromatic nitrogens is 5. The summed E-state index contributed by atoms with van der Waals surface area (Å²) in [7, 11) is 0. The lowest BCUT2D eigenvalue weighted by Gasteiger charge is -2.07. The summed E-state index contributed by atoms with van der Waals surface area (Å²) in [4.78, 5) is 15.8. The molecule has 1 N–H and O–H groups in total. The second-order valence-corrected chi connectivity index (χ2v) is 4.91. The molecule has 0 aliphatic rings. The summed E-state index contributed by atoms with van der Waals surface area (Å²) in [6, 6.07) is 7.31. The van der Waals surface area contributed by atoms with Gasteiger partial charge in [0.2, 0.25) is 0 Å². The van der Waals surface area contributed by atoms with Gasteiger partial charge in [0.05, 0.1) is 19.5 Å². The summed E-state index contributed by atoms with van der Waals surface area (Å²) in [6.45, 7) is 3.29. The SMILES string of the molecule is CCOC(=O)c1n[nH]nc1-c1ccc(OCCn2ccnc2)cc1. The third-order valence-corrected chi connectivity index (χ3v) is 3.32. The average molecular weight is 327 g/mol. The van der Waals surface area contributed by atoms with Crippen molar-refractivity contribution in [2.45, 2.75) is 13.5 Å². The van der Waals surface area contributed by atoms with Crippen LogP contribution in [0.15, 0.2) is 43.0 Å². The molecule has 0 atom stereocenters. The fourth-order valence-corrected chi connectivity index (χ4v) is 2.17. The van der Waals surface area contributed by atoms with Crippen LogP contribution >= 0.6 is 0 Å². The largest absolute Gasteiger partial charge is 0.492 e. The van der Waals surface area contributed by atoms with Crippen molar-refractivity contribution < 1.29 is 14.3 Å². The van der Waals surface area contributed by atoms with Crippen molar-refractivity contribution in [3.05, 3.63) is 48.7 Å². The molecular weight excluding hydrogens is 310 g/mol. The zero-order valence-corrected chi connectivity index (χ0v) is 13.2. The monoisotopic (exact) mass is 327 g/mol. The van der Waals surface area contributed by atoms with E-state index < -0.39 is 5.97 Å². The molecule has 0 aliphatic carbocycles. The Morgan fingerprint density at radius 1 is 1.25 bits per heavy atom. The minimum absolute atomic E-state index is 0.172.